The van der Waals surface area contributed by atoms with Gasteiger partial charge in [-0.1, -0.05) is 20.8 Å². The van der Waals surface area contributed by atoms with Gasteiger partial charge in [0.2, 0.25) is 0 Å². The van der Waals surface area contributed by atoms with Crippen molar-refractivity contribution in [2.45, 2.75) is 33.6 Å². The topological polar surface area (TPSA) is 17.1 Å². The molecule has 2 aliphatic carbocycles. The van der Waals surface area contributed by atoms with Crippen molar-refractivity contribution in [1.29, 1.82) is 0 Å². The number of carbonyl (C=O) groups excluding carboxylic acids is 1. The van der Waals surface area contributed by atoms with Crippen LogP contribution in [0.2, 0.25) is 0 Å². The molecule has 2 fully saturated rings. The molecule has 0 radical (unpaired) electrons. The van der Waals surface area contributed by atoms with Crippen molar-refractivity contribution in [3.05, 3.63) is 0 Å². The highest BCUT2D eigenvalue weighted by molar-refractivity contribution is 5.90. The van der Waals surface area contributed by atoms with Crippen LogP contribution >= 0.6 is 0 Å². The lowest BCUT2D eigenvalue weighted by atomic mass is 9.72. The monoisotopic (exact) mass is 152 g/mol. The number of rotatable bonds is 0. The fraction of sp³-hybridized carbons (Fsp3) is 0.900. The second-order valence-corrected chi connectivity index (χ2v) is 4.84. The van der Waals surface area contributed by atoms with Crippen molar-refractivity contribution in [2.75, 3.05) is 0 Å². The summed E-state index contributed by atoms with van der Waals surface area (Å²) in [5, 5.41) is 0. The molecule has 0 aliphatic heterocycles. The summed E-state index contributed by atoms with van der Waals surface area (Å²) in [6.07, 6.45) is 2.45. The first-order valence-electron chi connectivity index (χ1n) is 4.58. The Morgan fingerprint density at radius 3 is 2.36 bits per heavy atom. The summed E-state index contributed by atoms with van der Waals surface area (Å²) in [7, 11) is 0. The Bertz CT molecular complexity index is 205. The van der Waals surface area contributed by atoms with Crippen LogP contribution in [0, 0.1) is 23.2 Å². The Hall–Kier alpha value is -0.330. The van der Waals surface area contributed by atoms with Crippen LogP contribution in [-0.4, -0.2) is 5.78 Å². The maximum absolute atomic E-state index is 11.7. The maximum Gasteiger partial charge on any atom is 0.142 e. The third-order valence-corrected chi connectivity index (χ3v) is 3.87. The van der Waals surface area contributed by atoms with E-state index in [4.69, 9.17) is 0 Å². The molecule has 1 nitrogen and oxygen atoms in total. The van der Waals surface area contributed by atoms with Gasteiger partial charge in [0.25, 0.3) is 0 Å². The zero-order valence-electron chi connectivity index (χ0n) is 7.55. The third-order valence-electron chi connectivity index (χ3n) is 3.87. The standard InChI is InChI=1S/C10H16O/c1-6-4-7-5-8(6)9(11)10(7,2)3/h6-8H,4-5H2,1-3H3/t6-,7-,8-/m0/s1. The zero-order valence-corrected chi connectivity index (χ0v) is 7.55. The minimum Gasteiger partial charge on any atom is -0.299 e. The van der Waals surface area contributed by atoms with Gasteiger partial charge in [0.05, 0.1) is 0 Å². The van der Waals surface area contributed by atoms with Crippen molar-refractivity contribution in [1.82, 2.24) is 0 Å². The molecule has 0 heterocycles. The third kappa shape index (κ3) is 0.743. The van der Waals surface area contributed by atoms with Crippen LogP contribution in [0.25, 0.3) is 0 Å². The average Bonchev–Trinajstić information content (AvgIpc) is 2.36. The van der Waals surface area contributed by atoms with E-state index in [1.54, 1.807) is 0 Å². The fourth-order valence-electron chi connectivity index (χ4n) is 2.88. The quantitative estimate of drug-likeness (QED) is 0.520. The van der Waals surface area contributed by atoms with Gasteiger partial charge in [0.15, 0.2) is 0 Å². The van der Waals surface area contributed by atoms with Gasteiger partial charge >= 0.3 is 0 Å². The number of fused-ring (bicyclic) bond motifs is 2. The summed E-state index contributed by atoms with van der Waals surface area (Å²) >= 11 is 0. The molecule has 2 rings (SSSR count). The van der Waals surface area contributed by atoms with Crippen molar-refractivity contribution >= 4 is 5.78 Å². The molecule has 0 aromatic heterocycles. The lowest BCUT2D eigenvalue weighted by Crippen LogP contribution is -2.33. The van der Waals surface area contributed by atoms with Crippen molar-refractivity contribution in [3.63, 3.8) is 0 Å². The number of ketones is 1. The van der Waals surface area contributed by atoms with Crippen molar-refractivity contribution in [2.24, 2.45) is 23.2 Å². The first kappa shape index (κ1) is 7.33. The predicted molar refractivity (Wildman–Crippen MR) is 44.2 cm³/mol. The minimum atomic E-state index is 0.0111. The van der Waals surface area contributed by atoms with E-state index in [9.17, 15) is 4.79 Å². The van der Waals surface area contributed by atoms with E-state index < -0.39 is 0 Å². The van der Waals surface area contributed by atoms with Crippen LogP contribution in [0.3, 0.4) is 0 Å². The van der Waals surface area contributed by atoms with Crippen LogP contribution < -0.4 is 0 Å². The molecule has 0 spiro atoms. The maximum atomic E-state index is 11.7. The molecule has 11 heavy (non-hydrogen) atoms. The molecule has 0 amide bonds. The van der Waals surface area contributed by atoms with Crippen molar-refractivity contribution in [3.8, 4) is 0 Å². The van der Waals surface area contributed by atoms with E-state index in [0.717, 1.165) is 0 Å². The first-order chi connectivity index (χ1) is 5.03. The first-order valence-corrected chi connectivity index (χ1v) is 4.58. The van der Waals surface area contributed by atoms with E-state index in [1.165, 1.54) is 12.8 Å². The molecule has 0 aromatic rings. The normalized spacial score (nSPS) is 46.8. The highest BCUT2D eigenvalue weighted by atomic mass is 16.1. The molecule has 0 N–H and O–H groups in total. The summed E-state index contributed by atoms with van der Waals surface area (Å²) in [6.45, 7) is 6.45. The van der Waals surface area contributed by atoms with Gasteiger partial charge in [-0.15, -0.1) is 0 Å². The van der Waals surface area contributed by atoms with E-state index >= 15 is 0 Å². The van der Waals surface area contributed by atoms with Gasteiger partial charge in [-0.25, -0.2) is 0 Å². The molecule has 0 unspecified atom stereocenters. The van der Waals surface area contributed by atoms with Gasteiger partial charge in [0.1, 0.15) is 5.78 Å². The largest absolute Gasteiger partial charge is 0.299 e. The molecule has 2 saturated carbocycles. The van der Waals surface area contributed by atoms with E-state index in [-0.39, 0.29) is 5.41 Å². The lowest BCUT2D eigenvalue weighted by Gasteiger charge is -2.30. The van der Waals surface area contributed by atoms with Crippen LogP contribution in [0.4, 0.5) is 0 Å². The summed E-state index contributed by atoms with van der Waals surface area (Å²) in [5.41, 5.74) is 0.0111. The van der Waals surface area contributed by atoms with E-state index in [0.29, 0.717) is 23.5 Å². The highest BCUT2D eigenvalue weighted by Crippen LogP contribution is 2.55. The molecule has 2 aliphatic rings. The van der Waals surface area contributed by atoms with Gasteiger partial charge in [-0.2, -0.15) is 0 Å². The second kappa shape index (κ2) is 1.88. The summed E-state index contributed by atoms with van der Waals surface area (Å²) in [6, 6.07) is 0. The van der Waals surface area contributed by atoms with Crippen LogP contribution in [0.1, 0.15) is 33.6 Å². The smallest absolute Gasteiger partial charge is 0.142 e. The Labute approximate surface area is 68.2 Å². The summed E-state index contributed by atoms with van der Waals surface area (Å²) < 4.78 is 0. The van der Waals surface area contributed by atoms with E-state index in [2.05, 4.69) is 20.8 Å². The number of carbonyl (C=O) groups is 1. The lowest BCUT2D eigenvalue weighted by molar-refractivity contribution is -0.131. The van der Waals surface area contributed by atoms with Crippen LogP contribution in [-0.2, 0) is 4.79 Å². The fourth-order valence-corrected chi connectivity index (χ4v) is 2.88. The Morgan fingerprint density at radius 1 is 1.36 bits per heavy atom. The van der Waals surface area contributed by atoms with Crippen LogP contribution in [0.5, 0.6) is 0 Å². The molecular formula is C10H16O. The number of hydrogen-bond donors (Lipinski definition) is 0. The molecule has 2 bridgehead atoms. The molecular weight excluding hydrogens is 136 g/mol. The Balaban J connectivity index is 2.32. The Kier molecular flexibility index (Phi) is 1.25. The summed E-state index contributed by atoms with van der Waals surface area (Å²) in [4.78, 5) is 11.7. The summed E-state index contributed by atoms with van der Waals surface area (Å²) in [5.74, 6) is 2.30. The Morgan fingerprint density at radius 2 is 2.00 bits per heavy atom. The molecule has 0 aromatic carbocycles. The molecule has 3 atom stereocenters. The van der Waals surface area contributed by atoms with Gasteiger partial charge in [0, 0.05) is 11.3 Å². The predicted octanol–water partition coefficient (Wildman–Crippen LogP) is 2.26. The van der Waals surface area contributed by atoms with Crippen molar-refractivity contribution < 1.29 is 4.79 Å². The SMILES string of the molecule is C[C@H]1C[C@H]2C[C@@H]1C(=O)C2(C)C. The highest BCUT2D eigenvalue weighted by Gasteiger charge is 2.54. The molecule has 0 saturated heterocycles. The molecule has 62 valence electrons. The number of Topliss-reactive ketones (excluding diaryl/α,β-unsaturated/α-hetero) is 1. The minimum absolute atomic E-state index is 0.0111. The van der Waals surface area contributed by atoms with Gasteiger partial charge in [-0.3, -0.25) is 4.79 Å². The second-order valence-electron chi connectivity index (χ2n) is 4.84. The average molecular weight is 152 g/mol. The zero-order chi connectivity index (χ0) is 8.22. The van der Waals surface area contributed by atoms with Gasteiger partial charge in [-0.05, 0) is 24.7 Å². The van der Waals surface area contributed by atoms with Gasteiger partial charge < -0.3 is 0 Å². The molecule has 1 heteroatoms. The van der Waals surface area contributed by atoms with Crippen LogP contribution in [0.15, 0.2) is 0 Å². The number of hydrogen-bond acceptors (Lipinski definition) is 1. The van der Waals surface area contributed by atoms with E-state index in [1.807, 2.05) is 0 Å².